The summed E-state index contributed by atoms with van der Waals surface area (Å²) in [5.41, 5.74) is 3.44. The summed E-state index contributed by atoms with van der Waals surface area (Å²) in [7, 11) is 0. The number of anilines is 1. The molecule has 13 heteroatoms. The number of hydrogen-bond acceptors (Lipinski definition) is 10. The van der Waals surface area contributed by atoms with Crippen molar-refractivity contribution in [2.75, 3.05) is 25.0 Å². The molecule has 4 aromatic rings. The van der Waals surface area contributed by atoms with Gasteiger partial charge in [0.05, 0.1) is 11.3 Å². The van der Waals surface area contributed by atoms with Crippen molar-refractivity contribution < 1.29 is 34.4 Å². The Morgan fingerprint density at radius 3 is 2.28 bits per heavy atom. The van der Waals surface area contributed by atoms with Crippen molar-refractivity contribution in [2.24, 2.45) is 16.1 Å². The predicted octanol–water partition coefficient (Wildman–Crippen LogP) is 4.95. The zero-order chi connectivity index (χ0) is 34.8. The molecule has 0 aliphatic carbocycles. The second-order valence-electron chi connectivity index (χ2n) is 12.1. The molecule has 0 radical (unpaired) electrons. The number of esters is 1. The average molecular weight is 692 g/mol. The number of hydrogen-bond donors (Lipinski definition) is 6. The van der Waals surface area contributed by atoms with E-state index in [-0.39, 0.29) is 29.9 Å². The summed E-state index contributed by atoms with van der Waals surface area (Å²) in [5, 5.41) is 47.0. The number of aromatic hydroxyl groups is 2. The van der Waals surface area contributed by atoms with Crippen LogP contribution in [0.25, 0.3) is 0 Å². The number of benzene rings is 4. The number of rotatable bonds is 9. The van der Waals surface area contributed by atoms with Crippen molar-refractivity contribution in [1.29, 1.82) is 0 Å². The van der Waals surface area contributed by atoms with Crippen molar-refractivity contribution in [1.82, 2.24) is 10.6 Å². The van der Waals surface area contributed by atoms with E-state index in [0.717, 1.165) is 24.1 Å². The normalized spacial score (nSPS) is 16.3. The molecule has 0 saturated heterocycles. The number of phenolic OH excluding ortho intramolecular Hbond substituents is 2. The minimum Gasteiger partial charge on any atom is -0.508 e. The summed E-state index contributed by atoms with van der Waals surface area (Å²) in [4.78, 5) is 26.1. The number of nitrogens with one attached hydrogen (secondary N) is 3. The van der Waals surface area contributed by atoms with E-state index in [9.17, 15) is 19.8 Å². The molecular weight excluding hydrogens is 659 g/mol. The highest BCUT2D eigenvalue weighted by Gasteiger charge is 2.53. The Kier molecular flexibility index (Phi) is 8.91. The Labute approximate surface area is 292 Å². The monoisotopic (exact) mass is 691 g/mol. The second-order valence-corrected chi connectivity index (χ2v) is 12.6. The van der Waals surface area contributed by atoms with Crippen LogP contribution in [0.5, 0.6) is 23.0 Å². The minimum absolute atomic E-state index is 0.0210. The summed E-state index contributed by atoms with van der Waals surface area (Å²) in [6.07, 6.45) is 4.12. The van der Waals surface area contributed by atoms with Crippen LogP contribution in [0.4, 0.5) is 5.69 Å². The molecule has 6 N–H and O–H groups in total. The smallest absolute Gasteiger partial charge is 0.340 e. The summed E-state index contributed by atoms with van der Waals surface area (Å²) >= 11 is 5.47. The van der Waals surface area contributed by atoms with Crippen LogP contribution in [-0.4, -0.2) is 63.9 Å². The van der Waals surface area contributed by atoms with Crippen molar-refractivity contribution >= 4 is 46.8 Å². The summed E-state index contributed by atoms with van der Waals surface area (Å²) < 4.78 is 12.1. The molecule has 3 aliphatic heterocycles. The third kappa shape index (κ3) is 6.24. The molecule has 1 atom stereocenters. The summed E-state index contributed by atoms with van der Waals surface area (Å²) in [6.45, 7) is 0.807. The van der Waals surface area contributed by atoms with Crippen LogP contribution in [0.1, 0.15) is 62.2 Å². The standard InChI is InChI=1S/C37H33N5O7S/c43-15-1-2-21-16-31(42-40-20-21)22-3-5-23(6-4-22)34(46)38-13-14-39-36(50)41-24-7-10-28-27(17-24)35(47)49-37(28)29-11-8-25(44)18-32(29)48-33-19-26(45)9-12-30(33)37/h3-12,17-21,43-45H,1-2,13-16H2,(H,38,46)(H2,39,41,50). The van der Waals surface area contributed by atoms with Gasteiger partial charge in [-0.1, -0.05) is 18.2 Å². The maximum absolute atomic E-state index is 13.4. The first-order valence-electron chi connectivity index (χ1n) is 16.1. The SMILES string of the molecule is O=C(NCCNC(=S)Nc1ccc2c(c1)C(=O)OC21c2ccc(O)cc2Oc2cc(O)ccc21)c1ccc(C2=NN=CC(CCCO)C2)cc1. The Morgan fingerprint density at radius 1 is 0.900 bits per heavy atom. The Balaban J connectivity index is 0.963. The fourth-order valence-corrected chi connectivity index (χ4v) is 6.69. The quantitative estimate of drug-likeness (QED) is 0.0801. The molecule has 0 bridgehead atoms. The van der Waals surface area contributed by atoms with Gasteiger partial charge >= 0.3 is 5.97 Å². The number of thiocarbonyl (C=S) groups is 1. The van der Waals surface area contributed by atoms with Crippen molar-refractivity contribution in [3.63, 3.8) is 0 Å². The second kappa shape index (κ2) is 13.6. The van der Waals surface area contributed by atoms with E-state index in [1.807, 2.05) is 18.3 Å². The molecule has 4 aromatic carbocycles. The molecule has 1 amide bonds. The van der Waals surface area contributed by atoms with Gasteiger partial charge in [0.1, 0.15) is 23.0 Å². The number of amides is 1. The van der Waals surface area contributed by atoms with Gasteiger partial charge < -0.3 is 40.7 Å². The lowest BCUT2D eigenvalue weighted by molar-refractivity contribution is 0.0224. The van der Waals surface area contributed by atoms with E-state index in [1.54, 1.807) is 42.5 Å². The van der Waals surface area contributed by atoms with E-state index >= 15 is 0 Å². The molecular formula is C37H33N5O7S. The predicted molar refractivity (Wildman–Crippen MR) is 190 cm³/mol. The molecule has 1 spiro atoms. The largest absolute Gasteiger partial charge is 0.508 e. The zero-order valence-electron chi connectivity index (χ0n) is 26.7. The first-order valence-corrected chi connectivity index (χ1v) is 16.5. The van der Waals surface area contributed by atoms with Crippen LogP contribution in [0, 0.1) is 5.92 Å². The van der Waals surface area contributed by atoms with Crippen LogP contribution in [-0.2, 0) is 10.3 Å². The van der Waals surface area contributed by atoms with Gasteiger partial charge in [0, 0.05) is 71.9 Å². The van der Waals surface area contributed by atoms with Crippen molar-refractivity contribution in [2.45, 2.75) is 24.9 Å². The third-order valence-electron chi connectivity index (χ3n) is 8.85. The minimum atomic E-state index is -1.35. The maximum atomic E-state index is 13.4. The van der Waals surface area contributed by atoms with Crippen LogP contribution >= 0.6 is 12.2 Å². The third-order valence-corrected chi connectivity index (χ3v) is 9.10. The van der Waals surface area contributed by atoms with Gasteiger partial charge in [0.25, 0.3) is 5.91 Å². The van der Waals surface area contributed by atoms with Crippen LogP contribution in [0.3, 0.4) is 0 Å². The number of nitrogens with zero attached hydrogens (tertiary/aromatic N) is 2. The van der Waals surface area contributed by atoms with Crippen LogP contribution in [0.15, 0.2) is 89.1 Å². The lowest BCUT2D eigenvalue weighted by Gasteiger charge is -2.36. The highest BCUT2D eigenvalue weighted by molar-refractivity contribution is 7.80. The molecule has 0 fully saturated rings. The number of aliphatic hydroxyl groups is 1. The van der Waals surface area contributed by atoms with Gasteiger partial charge in [-0.15, -0.1) is 0 Å². The molecule has 0 aromatic heterocycles. The highest BCUT2D eigenvalue weighted by Crippen LogP contribution is 2.57. The van der Waals surface area contributed by atoms with E-state index in [1.165, 1.54) is 24.3 Å². The number of carbonyl (C=O) groups is 2. The summed E-state index contributed by atoms with van der Waals surface area (Å²) in [6, 6.07) is 21.6. The highest BCUT2D eigenvalue weighted by atomic mass is 32.1. The molecule has 7 rings (SSSR count). The Bertz CT molecular complexity index is 2010. The molecule has 3 heterocycles. The first kappa shape index (κ1) is 32.7. The van der Waals surface area contributed by atoms with E-state index < -0.39 is 11.6 Å². The Hall–Kier alpha value is -5.79. The molecule has 0 saturated carbocycles. The Morgan fingerprint density at radius 2 is 1.58 bits per heavy atom. The number of ether oxygens (including phenoxy) is 2. The van der Waals surface area contributed by atoms with Gasteiger partial charge in [-0.05, 0) is 85.6 Å². The van der Waals surface area contributed by atoms with Gasteiger partial charge in [-0.2, -0.15) is 10.2 Å². The number of phenols is 2. The van der Waals surface area contributed by atoms with Gasteiger partial charge in [0.2, 0.25) is 0 Å². The number of aliphatic hydroxyl groups excluding tert-OH is 1. The fourth-order valence-electron chi connectivity index (χ4n) is 6.47. The number of carbonyl (C=O) groups excluding carboxylic acids is 2. The van der Waals surface area contributed by atoms with E-state index in [2.05, 4.69) is 26.2 Å². The topological polar surface area (TPSA) is 174 Å². The van der Waals surface area contributed by atoms with Gasteiger partial charge in [0.15, 0.2) is 10.7 Å². The van der Waals surface area contributed by atoms with Crippen LogP contribution in [0.2, 0.25) is 0 Å². The zero-order valence-corrected chi connectivity index (χ0v) is 27.5. The lowest BCUT2D eigenvalue weighted by atomic mass is 9.77. The molecule has 50 heavy (non-hydrogen) atoms. The maximum Gasteiger partial charge on any atom is 0.340 e. The van der Waals surface area contributed by atoms with Crippen molar-refractivity contribution in [3.05, 3.63) is 112 Å². The number of fused-ring (bicyclic) bond motifs is 6. The van der Waals surface area contributed by atoms with Gasteiger partial charge in [-0.25, -0.2) is 4.79 Å². The van der Waals surface area contributed by atoms with Crippen LogP contribution < -0.4 is 20.7 Å². The first-order chi connectivity index (χ1) is 24.2. The fraction of sp³-hybridized carbons (Fsp3) is 0.216. The summed E-state index contributed by atoms with van der Waals surface area (Å²) in [5.74, 6) is 0.0111. The van der Waals surface area contributed by atoms with E-state index in [4.69, 9.17) is 26.8 Å². The van der Waals surface area contributed by atoms with E-state index in [0.29, 0.717) is 69.6 Å². The molecule has 3 aliphatic rings. The van der Waals surface area contributed by atoms with Crippen molar-refractivity contribution in [3.8, 4) is 23.0 Å². The lowest BCUT2D eigenvalue weighted by Crippen LogP contribution is -2.36. The van der Waals surface area contributed by atoms with Gasteiger partial charge in [-0.3, -0.25) is 4.79 Å². The molecule has 12 nitrogen and oxygen atoms in total. The molecule has 254 valence electrons. The molecule has 1 unspecified atom stereocenters. The average Bonchev–Trinajstić information content (AvgIpc) is 3.40.